The Labute approximate surface area is 126 Å². The second-order valence-electron chi connectivity index (χ2n) is 6.05. The second-order valence-corrected chi connectivity index (χ2v) is 6.05. The summed E-state index contributed by atoms with van der Waals surface area (Å²) in [6.45, 7) is 3.78. The van der Waals surface area contributed by atoms with E-state index in [-0.39, 0.29) is 28.8 Å². The van der Waals surface area contributed by atoms with Gasteiger partial charge in [0.15, 0.2) is 12.2 Å². The number of fused-ring (bicyclic) bond motifs is 2. The van der Waals surface area contributed by atoms with Gasteiger partial charge in [-0.3, -0.25) is 9.59 Å². The highest BCUT2D eigenvalue weighted by molar-refractivity contribution is 6.08. The van der Waals surface area contributed by atoms with Crippen LogP contribution in [-0.2, 0) is 19.2 Å². The Morgan fingerprint density at radius 2 is 1.59 bits per heavy atom. The van der Waals surface area contributed by atoms with E-state index in [4.69, 9.17) is 20.4 Å². The molecule has 124 valence electrons. The summed E-state index contributed by atoms with van der Waals surface area (Å²) < 4.78 is 0. The Balaban J connectivity index is 0.000000225. The zero-order valence-corrected chi connectivity index (χ0v) is 12.4. The van der Waals surface area contributed by atoms with Crippen LogP contribution in [0.1, 0.15) is 33.1 Å². The molecule has 4 N–H and O–H groups in total. The number of ketones is 2. The molecule has 0 aromatic rings. The fourth-order valence-electron chi connectivity index (χ4n) is 2.98. The highest BCUT2D eigenvalue weighted by Crippen LogP contribution is 2.48. The minimum Gasteiger partial charge on any atom is -0.479 e. The summed E-state index contributed by atoms with van der Waals surface area (Å²) in [5.74, 6) is -3.29. The Hall–Kier alpha value is -1.80. The van der Waals surface area contributed by atoms with Gasteiger partial charge in [0.05, 0.1) is 5.92 Å². The molecule has 0 aliphatic heterocycles. The Bertz CT molecular complexity index is 481. The van der Waals surface area contributed by atoms with E-state index in [1.165, 1.54) is 0 Å². The number of aliphatic hydroxyl groups excluding tert-OH is 2. The molecule has 0 amide bonds. The molecule has 0 spiro atoms. The van der Waals surface area contributed by atoms with Crippen molar-refractivity contribution in [2.75, 3.05) is 0 Å². The van der Waals surface area contributed by atoms with Crippen LogP contribution in [0.3, 0.4) is 0 Å². The van der Waals surface area contributed by atoms with Gasteiger partial charge in [0, 0.05) is 11.3 Å². The van der Waals surface area contributed by atoms with Crippen LogP contribution in [0.5, 0.6) is 0 Å². The molecular formula is C14H20O8. The topological polar surface area (TPSA) is 149 Å². The molecule has 0 aromatic carbocycles. The van der Waals surface area contributed by atoms with Gasteiger partial charge >= 0.3 is 11.9 Å². The highest BCUT2D eigenvalue weighted by atomic mass is 16.4. The molecule has 2 saturated carbocycles. The minimum atomic E-state index is -2.27. The molecule has 0 saturated heterocycles. The molecule has 5 unspecified atom stereocenters. The van der Waals surface area contributed by atoms with Gasteiger partial charge in [-0.15, -0.1) is 0 Å². The zero-order valence-electron chi connectivity index (χ0n) is 12.4. The summed E-state index contributed by atoms with van der Waals surface area (Å²) in [6.07, 6.45) is -1.86. The quantitative estimate of drug-likeness (QED) is 0.507. The SMILES string of the molecule is CC1C(=O)C2CCC(C)(C2)C1=O.O=C(O)C(O)C(O)C(=O)O. The Kier molecular flexibility index (Phi) is 5.42. The van der Waals surface area contributed by atoms with E-state index in [2.05, 4.69) is 0 Å². The third kappa shape index (κ3) is 3.50. The fourth-order valence-corrected chi connectivity index (χ4v) is 2.98. The summed E-state index contributed by atoms with van der Waals surface area (Å²) in [4.78, 5) is 42.8. The lowest BCUT2D eigenvalue weighted by Crippen LogP contribution is -2.40. The first-order valence-electron chi connectivity index (χ1n) is 6.91. The van der Waals surface area contributed by atoms with Crippen molar-refractivity contribution in [2.24, 2.45) is 17.3 Å². The smallest absolute Gasteiger partial charge is 0.335 e. The number of carboxylic acid groups (broad SMARTS) is 2. The molecule has 2 bridgehead atoms. The number of carbonyl (C=O) groups is 4. The monoisotopic (exact) mass is 316 g/mol. The zero-order chi connectivity index (χ0) is 17.2. The molecule has 2 aliphatic carbocycles. The van der Waals surface area contributed by atoms with Crippen molar-refractivity contribution in [3.05, 3.63) is 0 Å². The largest absolute Gasteiger partial charge is 0.479 e. The first-order chi connectivity index (χ1) is 10.0. The first kappa shape index (κ1) is 18.2. The summed E-state index contributed by atoms with van der Waals surface area (Å²) in [6, 6.07) is 0. The summed E-state index contributed by atoms with van der Waals surface area (Å²) in [5, 5.41) is 32.5. The predicted octanol–water partition coefficient (Wildman–Crippen LogP) is -0.542. The molecule has 8 nitrogen and oxygen atoms in total. The highest BCUT2D eigenvalue weighted by Gasteiger charge is 2.52. The molecule has 0 aromatic heterocycles. The molecule has 5 atom stereocenters. The number of hydrogen-bond acceptors (Lipinski definition) is 6. The summed E-state index contributed by atoms with van der Waals surface area (Å²) in [7, 11) is 0. The summed E-state index contributed by atoms with van der Waals surface area (Å²) in [5.41, 5.74) is -0.155. The van der Waals surface area contributed by atoms with Crippen molar-refractivity contribution in [3.63, 3.8) is 0 Å². The molecule has 0 radical (unpaired) electrons. The van der Waals surface area contributed by atoms with Crippen LogP contribution in [0.4, 0.5) is 0 Å². The van der Waals surface area contributed by atoms with Crippen LogP contribution in [-0.4, -0.2) is 56.1 Å². The molecule has 0 heterocycles. The number of hydrogen-bond donors (Lipinski definition) is 4. The Morgan fingerprint density at radius 1 is 1.14 bits per heavy atom. The van der Waals surface area contributed by atoms with E-state index in [9.17, 15) is 19.2 Å². The lowest BCUT2D eigenvalue weighted by atomic mass is 9.71. The predicted molar refractivity (Wildman–Crippen MR) is 71.9 cm³/mol. The van der Waals surface area contributed by atoms with Gasteiger partial charge in [-0.05, 0) is 26.2 Å². The summed E-state index contributed by atoms with van der Waals surface area (Å²) >= 11 is 0. The van der Waals surface area contributed by atoms with E-state index in [0.717, 1.165) is 19.3 Å². The second kappa shape index (κ2) is 6.53. The third-order valence-corrected chi connectivity index (χ3v) is 4.36. The van der Waals surface area contributed by atoms with Crippen molar-refractivity contribution in [1.29, 1.82) is 0 Å². The van der Waals surface area contributed by atoms with E-state index in [1.807, 2.05) is 6.92 Å². The van der Waals surface area contributed by atoms with Crippen LogP contribution in [0.25, 0.3) is 0 Å². The van der Waals surface area contributed by atoms with Crippen LogP contribution in [0.15, 0.2) is 0 Å². The van der Waals surface area contributed by atoms with Crippen molar-refractivity contribution < 1.29 is 39.6 Å². The number of rotatable bonds is 3. The van der Waals surface area contributed by atoms with Crippen LogP contribution in [0, 0.1) is 17.3 Å². The lowest BCUT2D eigenvalue weighted by Gasteiger charge is -2.30. The van der Waals surface area contributed by atoms with Gasteiger partial charge in [-0.1, -0.05) is 6.92 Å². The maximum atomic E-state index is 11.7. The van der Waals surface area contributed by atoms with Gasteiger partial charge in [0.1, 0.15) is 11.6 Å². The maximum Gasteiger partial charge on any atom is 0.335 e. The van der Waals surface area contributed by atoms with E-state index in [1.54, 1.807) is 6.92 Å². The van der Waals surface area contributed by atoms with Crippen molar-refractivity contribution in [2.45, 2.75) is 45.3 Å². The molecule has 8 heteroatoms. The van der Waals surface area contributed by atoms with Crippen molar-refractivity contribution >= 4 is 23.5 Å². The molecule has 22 heavy (non-hydrogen) atoms. The maximum absolute atomic E-state index is 11.7. The number of aliphatic carboxylic acids is 2. The number of carboxylic acids is 2. The first-order valence-corrected chi connectivity index (χ1v) is 6.91. The fraction of sp³-hybridized carbons (Fsp3) is 0.714. The third-order valence-electron chi connectivity index (χ3n) is 4.36. The van der Waals surface area contributed by atoms with Gasteiger partial charge in [-0.25, -0.2) is 9.59 Å². The lowest BCUT2D eigenvalue weighted by molar-refractivity contribution is -0.165. The average Bonchev–Trinajstić information content (AvgIpc) is 2.83. The van der Waals surface area contributed by atoms with Crippen LogP contribution >= 0.6 is 0 Å². The van der Waals surface area contributed by atoms with Gasteiger partial charge in [-0.2, -0.15) is 0 Å². The van der Waals surface area contributed by atoms with E-state index < -0.39 is 24.1 Å². The van der Waals surface area contributed by atoms with Gasteiger partial charge in [0.2, 0.25) is 0 Å². The minimum absolute atomic E-state index is 0.155. The van der Waals surface area contributed by atoms with Crippen LogP contribution in [0.2, 0.25) is 0 Å². The number of carbonyl (C=O) groups excluding carboxylic acids is 2. The van der Waals surface area contributed by atoms with Gasteiger partial charge in [0.25, 0.3) is 0 Å². The molecular weight excluding hydrogens is 296 g/mol. The number of aliphatic hydroxyl groups is 2. The molecule has 2 rings (SSSR count). The van der Waals surface area contributed by atoms with Crippen molar-refractivity contribution in [3.8, 4) is 0 Å². The van der Waals surface area contributed by atoms with Crippen molar-refractivity contribution in [1.82, 2.24) is 0 Å². The molecule has 2 fully saturated rings. The van der Waals surface area contributed by atoms with E-state index in [0.29, 0.717) is 0 Å². The standard InChI is InChI=1S/C10H14O2.C4H6O6/c1-6-8(11)7-3-4-10(2,5-7)9(6)12;5-1(3(7)8)2(6)4(9)10/h6-7H,3-5H2,1-2H3;1-2,5-6H,(H,7,8)(H,9,10). The Morgan fingerprint density at radius 3 is 2.00 bits per heavy atom. The van der Waals surface area contributed by atoms with Crippen LogP contribution < -0.4 is 0 Å². The van der Waals surface area contributed by atoms with Gasteiger partial charge < -0.3 is 20.4 Å². The van der Waals surface area contributed by atoms with E-state index >= 15 is 0 Å². The normalized spacial score (nSPS) is 32.7. The molecule has 2 aliphatic rings. The average molecular weight is 316 g/mol. The number of Topliss-reactive ketones (excluding diaryl/α,β-unsaturated/α-hetero) is 2.